The summed E-state index contributed by atoms with van der Waals surface area (Å²) in [5, 5.41) is 2.85. The number of carbonyl (C=O) groups is 2. The van der Waals surface area contributed by atoms with Crippen LogP contribution in [0.25, 0.3) is 0 Å². The van der Waals surface area contributed by atoms with Crippen LogP contribution in [0.4, 0.5) is 0 Å². The second kappa shape index (κ2) is 8.16. The molecule has 0 aliphatic carbocycles. The van der Waals surface area contributed by atoms with E-state index in [0.29, 0.717) is 11.3 Å². The molecule has 0 radical (unpaired) electrons. The molecule has 158 valence electrons. The molecule has 9 heteroatoms. The molecule has 0 unspecified atom stereocenters. The molecule has 1 aromatic carbocycles. The summed E-state index contributed by atoms with van der Waals surface area (Å²) in [5.41, 5.74) is 0.373. The zero-order valence-corrected chi connectivity index (χ0v) is 17.7. The molecule has 0 atom stereocenters. The zero-order chi connectivity index (χ0) is 21.2. The molecule has 0 bridgehead atoms. The van der Waals surface area contributed by atoms with Crippen molar-refractivity contribution in [3.8, 4) is 5.75 Å². The molecule has 1 N–H and O–H groups in total. The van der Waals surface area contributed by atoms with Crippen molar-refractivity contribution in [1.29, 1.82) is 0 Å². The Labute approximate surface area is 170 Å². The van der Waals surface area contributed by atoms with Gasteiger partial charge in [-0.1, -0.05) is 12.1 Å². The molecule has 29 heavy (non-hydrogen) atoms. The Morgan fingerprint density at radius 3 is 2.62 bits per heavy atom. The minimum absolute atomic E-state index is 0.0164. The van der Waals surface area contributed by atoms with E-state index in [1.807, 2.05) is 24.3 Å². The summed E-state index contributed by atoms with van der Waals surface area (Å²) in [5.74, 6) is -0.193. The highest BCUT2D eigenvalue weighted by molar-refractivity contribution is 7.89. The van der Waals surface area contributed by atoms with E-state index >= 15 is 0 Å². The monoisotopic (exact) mass is 422 g/mol. The van der Waals surface area contributed by atoms with Gasteiger partial charge in [0.15, 0.2) is 0 Å². The standard InChI is InChI=1S/C20H26N2O6S/c1-4-29(25,26)22-10-8-20(9-11-22)17(14(2)19(24)28-20)18(23)21-13-15-6-5-7-16(12-15)27-3/h5-7,12H,4,8-11,13H2,1-3H3,(H,21,23). The molecular formula is C20H26N2O6S. The number of nitrogens with zero attached hydrogens (tertiary/aromatic N) is 1. The fraction of sp³-hybridized carbons (Fsp3) is 0.500. The highest BCUT2D eigenvalue weighted by Gasteiger charge is 2.51. The van der Waals surface area contributed by atoms with Gasteiger partial charge in [-0.2, -0.15) is 0 Å². The summed E-state index contributed by atoms with van der Waals surface area (Å²) in [6.45, 7) is 3.86. The Balaban J connectivity index is 1.75. The van der Waals surface area contributed by atoms with Crippen LogP contribution in [-0.4, -0.2) is 56.2 Å². The van der Waals surface area contributed by atoms with Crippen molar-refractivity contribution >= 4 is 21.9 Å². The zero-order valence-electron chi connectivity index (χ0n) is 16.9. The van der Waals surface area contributed by atoms with Gasteiger partial charge in [0.25, 0.3) is 5.91 Å². The first-order valence-corrected chi connectivity index (χ1v) is 11.2. The third-order valence-corrected chi connectivity index (χ3v) is 7.41. The van der Waals surface area contributed by atoms with Crippen LogP contribution in [0.3, 0.4) is 0 Å². The summed E-state index contributed by atoms with van der Waals surface area (Å²) in [7, 11) is -1.75. The molecule has 1 fully saturated rings. The second-order valence-electron chi connectivity index (χ2n) is 7.22. The van der Waals surface area contributed by atoms with Gasteiger partial charge in [0.2, 0.25) is 10.0 Å². The van der Waals surface area contributed by atoms with Crippen LogP contribution in [0, 0.1) is 0 Å². The Bertz CT molecular complexity index is 945. The number of nitrogens with one attached hydrogen (secondary N) is 1. The maximum Gasteiger partial charge on any atom is 0.335 e. The SMILES string of the molecule is CCS(=O)(=O)N1CCC2(CC1)OC(=O)C(C)=C2C(=O)NCc1cccc(OC)c1. The van der Waals surface area contributed by atoms with Gasteiger partial charge in [0.05, 0.1) is 18.4 Å². The number of methoxy groups -OCH3 is 1. The van der Waals surface area contributed by atoms with E-state index in [0.717, 1.165) is 5.56 Å². The van der Waals surface area contributed by atoms with Crippen LogP contribution in [-0.2, 0) is 30.9 Å². The van der Waals surface area contributed by atoms with Crippen LogP contribution >= 0.6 is 0 Å². The molecule has 0 aromatic heterocycles. The van der Waals surface area contributed by atoms with E-state index in [2.05, 4.69) is 5.32 Å². The van der Waals surface area contributed by atoms with Gasteiger partial charge in [0, 0.05) is 38.0 Å². The highest BCUT2D eigenvalue weighted by atomic mass is 32.2. The van der Waals surface area contributed by atoms with Crippen molar-refractivity contribution in [3.05, 3.63) is 41.0 Å². The molecule has 2 heterocycles. The maximum atomic E-state index is 13.0. The third-order valence-electron chi connectivity index (χ3n) is 5.53. The topological polar surface area (TPSA) is 102 Å². The second-order valence-corrected chi connectivity index (χ2v) is 9.48. The number of amides is 1. The molecule has 3 rings (SSSR count). The van der Waals surface area contributed by atoms with E-state index in [1.54, 1.807) is 21.0 Å². The van der Waals surface area contributed by atoms with E-state index in [-0.39, 0.29) is 49.7 Å². The molecule has 1 saturated heterocycles. The number of rotatable bonds is 6. The summed E-state index contributed by atoms with van der Waals surface area (Å²) in [6.07, 6.45) is 0.522. The third kappa shape index (κ3) is 4.16. The average Bonchev–Trinajstić information content (AvgIpc) is 2.96. The van der Waals surface area contributed by atoms with E-state index < -0.39 is 21.6 Å². The molecule has 2 aliphatic rings. The van der Waals surface area contributed by atoms with Gasteiger partial charge < -0.3 is 14.8 Å². The first kappa shape index (κ1) is 21.3. The first-order valence-electron chi connectivity index (χ1n) is 9.56. The fourth-order valence-electron chi connectivity index (χ4n) is 3.84. The normalized spacial score (nSPS) is 19.3. The quantitative estimate of drug-likeness (QED) is 0.695. The van der Waals surface area contributed by atoms with Crippen molar-refractivity contribution in [1.82, 2.24) is 9.62 Å². The molecular weight excluding hydrogens is 396 g/mol. The summed E-state index contributed by atoms with van der Waals surface area (Å²) in [6, 6.07) is 7.33. The number of esters is 1. The van der Waals surface area contributed by atoms with Gasteiger partial charge in [-0.3, -0.25) is 4.79 Å². The first-order chi connectivity index (χ1) is 13.7. The average molecular weight is 423 g/mol. The minimum atomic E-state index is -3.32. The molecule has 1 amide bonds. The Kier molecular flexibility index (Phi) is 6.00. The molecule has 1 spiro atoms. The van der Waals surface area contributed by atoms with Gasteiger partial charge in [-0.05, 0) is 31.5 Å². The molecule has 2 aliphatic heterocycles. The van der Waals surface area contributed by atoms with E-state index in [4.69, 9.17) is 9.47 Å². The number of ether oxygens (including phenoxy) is 2. The number of benzene rings is 1. The van der Waals surface area contributed by atoms with Crippen LogP contribution in [0.2, 0.25) is 0 Å². The number of piperidine rings is 1. The number of hydrogen-bond donors (Lipinski definition) is 1. The Morgan fingerprint density at radius 1 is 1.31 bits per heavy atom. The number of hydrogen-bond acceptors (Lipinski definition) is 6. The van der Waals surface area contributed by atoms with Crippen molar-refractivity contribution in [2.24, 2.45) is 0 Å². The van der Waals surface area contributed by atoms with Crippen LogP contribution in [0.15, 0.2) is 35.4 Å². The lowest BCUT2D eigenvalue weighted by Gasteiger charge is -2.38. The van der Waals surface area contributed by atoms with Crippen LogP contribution < -0.4 is 10.1 Å². The molecule has 1 aromatic rings. The van der Waals surface area contributed by atoms with Crippen molar-refractivity contribution in [2.45, 2.75) is 38.8 Å². The van der Waals surface area contributed by atoms with Gasteiger partial charge >= 0.3 is 5.97 Å². The van der Waals surface area contributed by atoms with Crippen molar-refractivity contribution < 1.29 is 27.5 Å². The summed E-state index contributed by atoms with van der Waals surface area (Å²) < 4.78 is 36.4. The van der Waals surface area contributed by atoms with Crippen LogP contribution in [0.1, 0.15) is 32.3 Å². The van der Waals surface area contributed by atoms with E-state index in [1.165, 1.54) is 4.31 Å². The summed E-state index contributed by atoms with van der Waals surface area (Å²) in [4.78, 5) is 25.2. The largest absolute Gasteiger partial charge is 0.497 e. The van der Waals surface area contributed by atoms with Gasteiger partial charge in [0.1, 0.15) is 11.4 Å². The lowest BCUT2D eigenvalue weighted by atomic mass is 9.83. The van der Waals surface area contributed by atoms with Crippen molar-refractivity contribution in [3.63, 3.8) is 0 Å². The number of carbonyl (C=O) groups excluding carboxylic acids is 2. The van der Waals surface area contributed by atoms with Gasteiger partial charge in [-0.25, -0.2) is 17.5 Å². The van der Waals surface area contributed by atoms with Crippen molar-refractivity contribution in [2.75, 3.05) is 26.0 Å². The Morgan fingerprint density at radius 2 is 2.00 bits per heavy atom. The minimum Gasteiger partial charge on any atom is -0.497 e. The van der Waals surface area contributed by atoms with Gasteiger partial charge in [-0.15, -0.1) is 0 Å². The summed E-state index contributed by atoms with van der Waals surface area (Å²) >= 11 is 0. The highest BCUT2D eigenvalue weighted by Crippen LogP contribution is 2.41. The predicted octanol–water partition coefficient (Wildman–Crippen LogP) is 1.37. The predicted molar refractivity (Wildman–Crippen MR) is 107 cm³/mol. The lowest BCUT2D eigenvalue weighted by Crippen LogP contribution is -2.50. The number of sulfonamides is 1. The smallest absolute Gasteiger partial charge is 0.335 e. The maximum absolute atomic E-state index is 13.0. The molecule has 0 saturated carbocycles. The lowest BCUT2D eigenvalue weighted by molar-refractivity contribution is -0.150. The fourth-order valence-corrected chi connectivity index (χ4v) is 4.94. The molecule has 8 nitrogen and oxygen atoms in total. The van der Waals surface area contributed by atoms with Crippen LogP contribution in [0.5, 0.6) is 5.75 Å². The van der Waals surface area contributed by atoms with E-state index in [9.17, 15) is 18.0 Å². The Hall–Kier alpha value is -2.39.